The summed E-state index contributed by atoms with van der Waals surface area (Å²) in [5.41, 5.74) is -0.207. The minimum Gasteiger partial charge on any atom is -0.396 e. The maximum Gasteiger partial charge on any atom is 0.0540 e. The van der Waals surface area contributed by atoms with Crippen LogP contribution in [0.4, 0.5) is 0 Å². The standard InChI is InChI=1S/C13H28O3/c1-12(2,9-14)7-5-11(16)6-8-13(3,4)10-15/h11,14-16H,5-10H2,1-4H3. The van der Waals surface area contributed by atoms with Crippen LogP contribution in [-0.4, -0.2) is 34.6 Å². The molecule has 0 unspecified atom stereocenters. The first-order chi connectivity index (χ1) is 7.22. The van der Waals surface area contributed by atoms with Crippen molar-refractivity contribution in [3.05, 3.63) is 0 Å². The fraction of sp³-hybridized carbons (Fsp3) is 1.00. The maximum absolute atomic E-state index is 9.80. The van der Waals surface area contributed by atoms with E-state index >= 15 is 0 Å². The first-order valence-corrected chi connectivity index (χ1v) is 6.12. The van der Waals surface area contributed by atoms with Gasteiger partial charge in [-0.25, -0.2) is 0 Å². The Hall–Kier alpha value is -0.120. The third-order valence-corrected chi connectivity index (χ3v) is 3.16. The molecule has 98 valence electrons. The van der Waals surface area contributed by atoms with Crippen molar-refractivity contribution in [1.82, 2.24) is 0 Å². The lowest BCUT2D eigenvalue weighted by atomic mass is 9.84. The van der Waals surface area contributed by atoms with E-state index in [9.17, 15) is 5.11 Å². The lowest BCUT2D eigenvalue weighted by Crippen LogP contribution is -2.22. The second kappa shape index (κ2) is 6.58. The molecule has 0 aromatic carbocycles. The molecule has 0 aliphatic rings. The monoisotopic (exact) mass is 232 g/mol. The summed E-state index contributed by atoms with van der Waals surface area (Å²) in [4.78, 5) is 0. The zero-order chi connectivity index (χ0) is 12.8. The Bertz CT molecular complexity index is 168. The zero-order valence-corrected chi connectivity index (χ0v) is 11.2. The van der Waals surface area contributed by atoms with Gasteiger partial charge in [-0.3, -0.25) is 0 Å². The molecule has 3 heteroatoms. The van der Waals surface area contributed by atoms with Gasteiger partial charge in [0.2, 0.25) is 0 Å². The number of aliphatic hydroxyl groups excluding tert-OH is 3. The molecule has 3 N–H and O–H groups in total. The van der Waals surface area contributed by atoms with Gasteiger partial charge in [0.15, 0.2) is 0 Å². The van der Waals surface area contributed by atoms with Crippen LogP contribution in [0.1, 0.15) is 53.4 Å². The molecule has 0 aromatic heterocycles. The molecule has 0 aliphatic heterocycles. The zero-order valence-electron chi connectivity index (χ0n) is 11.2. The van der Waals surface area contributed by atoms with Crippen LogP contribution in [0, 0.1) is 10.8 Å². The second-order valence-electron chi connectivity index (χ2n) is 6.38. The van der Waals surface area contributed by atoms with Crippen LogP contribution in [0.25, 0.3) is 0 Å². The van der Waals surface area contributed by atoms with Gasteiger partial charge in [-0.15, -0.1) is 0 Å². The van der Waals surface area contributed by atoms with Crippen molar-refractivity contribution in [3.63, 3.8) is 0 Å². The van der Waals surface area contributed by atoms with E-state index in [0.717, 1.165) is 25.7 Å². The van der Waals surface area contributed by atoms with Crippen LogP contribution in [0.2, 0.25) is 0 Å². The smallest absolute Gasteiger partial charge is 0.0540 e. The largest absolute Gasteiger partial charge is 0.396 e. The summed E-state index contributed by atoms with van der Waals surface area (Å²) in [7, 11) is 0. The third kappa shape index (κ3) is 7.20. The summed E-state index contributed by atoms with van der Waals surface area (Å²) < 4.78 is 0. The fourth-order valence-electron chi connectivity index (χ4n) is 1.42. The van der Waals surface area contributed by atoms with Crippen molar-refractivity contribution in [2.75, 3.05) is 13.2 Å². The van der Waals surface area contributed by atoms with E-state index in [2.05, 4.69) is 0 Å². The van der Waals surface area contributed by atoms with Gasteiger partial charge in [0.1, 0.15) is 0 Å². The molecular weight excluding hydrogens is 204 g/mol. The first-order valence-electron chi connectivity index (χ1n) is 6.12. The molecule has 0 bridgehead atoms. The second-order valence-corrected chi connectivity index (χ2v) is 6.38. The van der Waals surface area contributed by atoms with Crippen molar-refractivity contribution < 1.29 is 15.3 Å². The minimum atomic E-state index is -0.323. The lowest BCUT2D eigenvalue weighted by molar-refractivity contribution is 0.0820. The average Bonchev–Trinajstić information content (AvgIpc) is 2.24. The minimum absolute atomic E-state index is 0.104. The summed E-state index contributed by atoms with van der Waals surface area (Å²) >= 11 is 0. The third-order valence-electron chi connectivity index (χ3n) is 3.16. The molecule has 0 aliphatic carbocycles. The summed E-state index contributed by atoms with van der Waals surface area (Å²) in [5, 5.41) is 28.0. The Labute approximate surface area is 99.5 Å². The topological polar surface area (TPSA) is 60.7 Å². The van der Waals surface area contributed by atoms with Gasteiger partial charge >= 0.3 is 0 Å². The van der Waals surface area contributed by atoms with Gasteiger partial charge < -0.3 is 15.3 Å². The molecule has 0 atom stereocenters. The molecule has 0 heterocycles. The Balaban J connectivity index is 3.79. The normalized spacial score (nSPS) is 13.5. The SMILES string of the molecule is CC(C)(CO)CCC(O)CCC(C)(C)CO. The Morgan fingerprint density at radius 2 is 1.12 bits per heavy atom. The summed E-state index contributed by atoms with van der Waals surface area (Å²) in [6, 6.07) is 0. The molecule has 0 spiro atoms. The molecule has 0 aromatic rings. The van der Waals surface area contributed by atoms with Crippen LogP contribution in [-0.2, 0) is 0 Å². The van der Waals surface area contributed by atoms with Gasteiger partial charge in [-0.1, -0.05) is 27.7 Å². The Morgan fingerprint density at radius 3 is 1.38 bits per heavy atom. The maximum atomic E-state index is 9.80. The van der Waals surface area contributed by atoms with Crippen LogP contribution in [0.5, 0.6) is 0 Å². The summed E-state index contributed by atoms with van der Waals surface area (Å²) in [6.45, 7) is 8.30. The number of rotatable bonds is 8. The van der Waals surface area contributed by atoms with Crippen molar-refractivity contribution >= 4 is 0 Å². The molecular formula is C13H28O3. The highest BCUT2D eigenvalue weighted by molar-refractivity contribution is 4.73. The van der Waals surface area contributed by atoms with E-state index in [1.807, 2.05) is 27.7 Å². The van der Waals surface area contributed by atoms with Crippen LogP contribution in [0.3, 0.4) is 0 Å². The molecule has 0 amide bonds. The van der Waals surface area contributed by atoms with E-state index in [4.69, 9.17) is 10.2 Å². The molecule has 0 radical (unpaired) electrons. The predicted octanol–water partition coefficient (Wildman–Crippen LogP) is 1.94. The van der Waals surface area contributed by atoms with Crippen molar-refractivity contribution in [3.8, 4) is 0 Å². The van der Waals surface area contributed by atoms with E-state index in [1.54, 1.807) is 0 Å². The van der Waals surface area contributed by atoms with E-state index in [1.165, 1.54) is 0 Å². The fourth-order valence-corrected chi connectivity index (χ4v) is 1.42. The predicted molar refractivity (Wildman–Crippen MR) is 66.2 cm³/mol. The Kier molecular flexibility index (Phi) is 6.53. The first kappa shape index (κ1) is 15.9. The van der Waals surface area contributed by atoms with E-state index in [0.29, 0.717) is 0 Å². The highest BCUT2D eigenvalue weighted by Gasteiger charge is 2.21. The lowest BCUT2D eigenvalue weighted by Gasteiger charge is -2.25. The van der Waals surface area contributed by atoms with Crippen molar-refractivity contribution in [1.29, 1.82) is 0 Å². The number of aliphatic hydroxyl groups is 3. The number of hydrogen-bond acceptors (Lipinski definition) is 3. The Morgan fingerprint density at radius 1 is 0.812 bits per heavy atom. The summed E-state index contributed by atoms with van der Waals surface area (Å²) in [6.07, 6.45) is 2.76. The van der Waals surface area contributed by atoms with Crippen LogP contribution in [0.15, 0.2) is 0 Å². The van der Waals surface area contributed by atoms with Gasteiger partial charge in [0.25, 0.3) is 0 Å². The average molecular weight is 232 g/mol. The highest BCUT2D eigenvalue weighted by atomic mass is 16.3. The molecule has 0 saturated heterocycles. The number of hydrogen-bond donors (Lipinski definition) is 3. The van der Waals surface area contributed by atoms with Gasteiger partial charge in [0, 0.05) is 13.2 Å². The van der Waals surface area contributed by atoms with E-state index < -0.39 is 0 Å². The molecule has 16 heavy (non-hydrogen) atoms. The molecule has 0 rings (SSSR count). The van der Waals surface area contributed by atoms with Gasteiger partial charge in [0.05, 0.1) is 6.10 Å². The molecule has 0 fully saturated rings. The van der Waals surface area contributed by atoms with Crippen LogP contribution >= 0.6 is 0 Å². The van der Waals surface area contributed by atoms with Crippen LogP contribution < -0.4 is 0 Å². The summed E-state index contributed by atoms with van der Waals surface area (Å²) in [5.74, 6) is 0. The quantitative estimate of drug-likeness (QED) is 0.599. The van der Waals surface area contributed by atoms with Crippen molar-refractivity contribution in [2.45, 2.75) is 59.5 Å². The van der Waals surface area contributed by atoms with Crippen molar-refractivity contribution in [2.24, 2.45) is 10.8 Å². The van der Waals surface area contributed by atoms with Gasteiger partial charge in [-0.2, -0.15) is 0 Å². The van der Waals surface area contributed by atoms with Gasteiger partial charge in [-0.05, 0) is 36.5 Å². The highest BCUT2D eigenvalue weighted by Crippen LogP contribution is 2.26. The van der Waals surface area contributed by atoms with E-state index in [-0.39, 0.29) is 30.1 Å². The molecule has 0 saturated carbocycles. The molecule has 3 nitrogen and oxygen atoms in total.